The summed E-state index contributed by atoms with van der Waals surface area (Å²) in [6.45, 7) is 4.83. The van der Waals surface area contributed by atoms with Crippen molar-refractivity contribution in [1.82, 2.24) is 19.7 Å². The Balaban J connectivity index is 1.39. The van der Waals surface area contributed by atoms with Gasteiger partial charge in [-0.25, -0.2) is 4.68 Å². The van der Waals surface area contributed by atoms with Crippen molar-refractivity contribution < 1.29 is 4.74 Å². The van der Waals surface area contributed by atoms with Gasteiger partial charge in [0.1, 0.15) is 5.75 Å². The number of nitrogens with zero attached hydrogens (tertiary/aromatic N) is 5. The minimum atomic E-state index is 0.783. The molecular formula is C29H33N5O. The Hall–Kier alpha value is -3.64. The van der Waals surface area contributed by atoms with Gasteiger partial charge in [0, 0.05) is 43.9 Å². The zero-order valence-corrected chi connectivity index (χ0v) is 20.4. The number of ether oxygens (including phenoxy) is 1. The molecule has 6 heteroatoms. The second-order valence-electron chi connectivity index (χ2n) is 9.17. The van der Waals surface area contributed by atoms with Gasteiger partial charge < -0.3 is 9.64 Å². The van der Waals surface area contributed by atoms with E-state index in [0.717, 1.165) is 36.8 Å². The smallest absolute Gasteiger partial charge is 0.119 e. The van der Waals surface area contributed by atoms with Gasteiger partial charge in [-0.05, 0) is 79.5 Å². The fourth-order valence-electron chi connectivity index (χ4n) is 4.72. The molecule has 2 aromatic heterocycles. The van der Waals surface area contributed by atoms with Gasteiger partial charge in [-0.2, -0.15) is 5.10 Å². The Kier molecular flexibility index (Phi) is 7.39. The van der Waals surface area contributed by atoms with Crippen LogP contribution in [0.1, 0.15) is 36.1 Å². The number of rotatable bonds is 9. The standard InChI is InChI=1S/C29H33N5O/c1-35-29-8-5-7-25(19-29)22-33(21-24-9-11-27(12-10-24)34-18-6-14-31-34)28-13-15-30-26(20-28)23-32-16-3-2-4-17-32/h5-15,18-20H,2-4,16-17,21-23H2,1H3. The molecule has 1 saturated heterocycles. The maximum atomic E-state index is 5.47. The largest absolute Gasteiger partial charge is 0.497 e. The van der Waals surface area contributed by atoms with E-state index in [1.54, 1.807) is 13.3 Å². The van der Waals surface area contributed by atoms with Gasteiger partial charge in [0.05, 0.1) is 18.5 Å². The van der Waals surface area contributed by atoms with Crippen LogP contribution in [0.15, 0.2) is 85.3 Å². The summed E-state index contributed by atoms with van der Waals surface area (Å²) in [7, 11) is 1.72. The molecule has 0 saturated carbocycles. The number of piperidine rings is 1. The molecule has 0 N–H and O–H groups in total. The van der Waals surface area contributed by atoms with E-state index < -0.39 is 0 Å². The van der Waals surface area contributed by atoms with Crippen LogP contribution in [0.2, 0.25) is 0 Å². The van der Waals surface area contributed by atoms with E-state index in [2.05, 4.69) is 69.5 Å². The van der Waals surface area contributed by atoms with E-state index in [0.29, 0.717) is 0 Å². The molecule has 1 aliphatic rings. The molecule has 1 aliphatic heterocycles. The second kappa shape index (κ2) is 11.2. The molecule has 2 aromatic carbocycles. The van der Waals surface area contributed by atoms with Gasteiger partial charge in [0.2, 0.25) is 0 Å². The van der Waals surface area contributed by atoms with E-state index >= 15 is 0 Å². The van der Waals surface area contributed by atoms with E-state index in [1.165, 1.54) is 49.2 Å². The quantitative estimate of drug-likeness (QED) is 0.327. The molecule has 0 spiro atoms. The summed E-state index contributed by atoms with van der Waals surface area (Å²) in [6, 6.07) is 23.3. The molecule has 5 rings (SSSR count). The predicted octanol–water partition coefficient (Wildman–Crippen LogP) is 5.47. The number of benzene rings is 2. The summed E-state index contributed by atoms with van der Waals surface area (Å²) >= 11 is 0. The molecule has 0 radical (unpaired) electrons. The molecule has 35 heavy (non-hydrogen) atoms. The molecule has 1 fully saturated rings. The summed E-state index contributed by atoms with van der Waals surface area (Å²) < 4.78 is 7.35. The molecule has 0 unspecified atom stereocenters. The van der Waals surface area contributed by atoms with Crippen LogP contribution in [-0.2, 0) is 19.6 Å². The highest BCUT2D eigenvalue weighted by Crippen LogP contribution is 2.24. The topological polar surface area (TPSA) is 46.4 Å². The van der Waals surface area contributed by atoms with Crippen LogP contribution in [0.3, 0.4) is 0 Å². The summed E-state index contributed by atoms with van der Waals surface area (Å²) in [5, 5.41) is 4.34. The van der Waals surface area contributed by atoms with Crippen molar-refractivity contribution in [2.75, 3.05) is 25.1 Å². The van der Waals surface area contributed by atoms with Crippen molar-refractivity contribution >= 4 is 5.69 Å². The summed E-state index contributed by atoms with van der Waals surface area (Å²) in [6.07, 6.45) is 9.64. The third-order valence-electron chi connectivity index (χ3n) is 6.59. The second-order valence-corrected chi connectivity index (χ2v) is 9.17. The SMILES string of the molecule is COc1cccc(CN(Cc2ccc(-n3cccn3)cc2)c2ccnc(CN3CCCCC3)c2)c1. The van der Waals surface area contributed by atoms with Crippen LogP contribution >= 0.6 is 0 Å². The molecule has 3 heterocycles. The van der Waals surface area contributed by atoms with Crippen LogP contribution in [0.4, 0.5) is 5.69 Å². The zero-order valence-electron chi connectivity index (χ0n) is 20.4. The Morgan fingerprint density at radius 1 is 0.857 bits per heavy atom. The van der Waals surface area contributed by atoms with Gasteiger partial charge in [-0.3, -0.25) is 9.88 Å². The normalized spacial score (nSPS) is 14.1. The third-order valence-corrected chi connectivity index (χ3v) is 6.59. The van der Waals surface area contributed by atoms with Crippen molar-refractivity contribution in [3.63, 3.8) is 0 Å². The molecule has 0 atom stereocenters. The first kappa shape index (κ1) is 23.1. The van der Waals surface area contributed by atoms with E-state index in [1.807, 2.05) is 29.2 Å². The maximum absolute atomic E-state index is 5.47. The van der Waals surface area contributed by atoms with Crippen molar-refractivity contribution in [2.24, 2.45) is 0 Å². The molecule has 6 nitrogen and oxygen atoms in total. The number of aromatic nitrogens is 3. The minimum absolute atomic E-state index is 0.783. The molecule has 4 aromatic rings. The molecule has 0 aliphatic carbocycles. The lowest BCUT2D eigenvalue weighted by molar-refractivity contribution is 0.218. The summed E-state index contributed by atoms with van der Waals surface area (Å²) in [4.78, 5) is 9.64. The average molecular weight is 468 g/mol. The van der Waals surface area contributed by atoms with Crippen LogP contribution in [0.25, 0.3) is 5.69 Å². The van der Waals surface area contributed by atoms with Crippen molar-refractivity contribution in [2.45, 2.75) is 38.9 Å². The first-order valence-corrected chi connectivity index (χ1v) is 12.4. The van der Waals surface area contributed by atoms with Crippen molar-refractivity contribution in [3.05, 3.63) is 102 Å². The molecular weight excluding hydrogens is 434 g/mol. The fourth-order valence-corrected chi connectivity index (χ4v) is 4.72. The van der Waals surface area contributed by atoms with Gasteiger partial charge in [0.25, 0.3) is 0 Å². The number of anilines is 1. The number of hydrogen-bond donors (Lipinski definition) is 0. The molecule has 180 valence electrons. The number of methoxy groups -OCH3 is 1. The number of hydrogen-bond acceptors (Lipinski definition) is 5. The lowest BCUT2D eigenvalue weighted by Gasteiger charge is -2.28. The van der Waals surface area contributed by atoms with Crippen molar-refractivity contribution in [1.29, 1.82) is 0 Å². The Labute approximate surface area is 207 Å². The molecule has 0 amide bonds. The molecule has 0 bridgehead atoms. The maximum Gasteiger partial charge on any atom is 0.119 e. The van der Waals surface area contributed by atoms with Gasteiger partial charge >= 0.3 is 0 Å². The van der Waals surface area contributed by atoms with Crippen LogP contribution in [0, 0.1) is 0 Å². The van der Waals surface area contributed by atoms with Gasteiger partial charge in [0.15, 0.2) is 0 Å². The van der Waals surface area contributed by atoms with Crippen LogP contribution < -0.4 is 9.64 Å². The zero-order chi connectivity index (χ0) is 23.9. The van der Waals surface area contributed by atoms with Crippen molar-refractivity contribution in [3.8, 4) is 11.4 Å². The highest BCUT2D eigenvalue weighted by atomic mass is 16.5. The third kappa shape index (κ3) is 6.08. The van der Waals surface area contributed by atoms with E-state index in [-0.39, 0.29) is 0 Å². The van der Waals surface area contributed by atoms with E-state index in [4.69, 9.17) is 9.72 Å². The summed E-state index contributed by atoms with van der Waals surface area (Å²) in [5.41, 5.74) is 5.84. The van der Waals surface area contributed by atoms with Gasteiger partial charge in [-0.1, -0.05) is 30.7 Å². The Morgan fingerprint density at radius 3 is 2.46 bits per heavy atom. The Morgan fingerprint density at radius 2 is 1.69 bits per heavy atom. The highest BCUT2D eigenvalue weighted by Gasteiger charge is 2.14. The van der Waals surface area contributed by atoms with E-state index in [9.17, 15) is 0 Å². The number of pyridine rings is 1. The lowest BCUT2D eigenvalue weighted by Crippen LogP contribution is -2.29. The fraction of sp³-hybridized carbons (Fsp3) is 0.310. The van der Waals surface area contributed by atoms with Crippen LogP contribution in [0.5, 0.6) is 5.75 Å². The van der Waals surface area contributed by atoms with Gasteiger partial charge in [-0.15, -0.1) is 0 Å². The minimum Gasteiger partial charge on any atom is -0.497 e. The first-order chi connectivity index (χ1) is 17.3. The number of likely N-dealkylation sites (tertiary alicyclic amines) is 1. The summed E-state index contributed by atoms with van der Waals surface area (Å²) in [5.74, 6) is 0.881. The lowest BCUT2D eigenvalue weighted by atomic mass is 10.1. The monoisotopic (exact) mass is 467 g/mol. The highest BCUT2D eigenvalue weighted by molar-refractivity contribution is 5.49. The average Bonchev–Trinajstić information content (AvgIpc) is 3.45. The first-order valence-electron chi connectivity index (χ1n) is 12.4. The van der Waals surface area contributed by atoms with Crippen LogP contribution in [-0.4, -0.2) is 39.9 Å². The Bertz CT molecular complexity index is 1200. The predicted molar refractivity (Wildman–Crippen MR) is 140 cm³/mol.